The Bertz CT molecular complexity index is 1260. The number of phenols is 1. The number of aryl methyl sites for hydroxylation is 2. The molecule has 0 fully saturated rings. The van der Waals surface area contributed by atoms with Gasteiger partial charge >= 0.3 is 0 Å². The Morgan fingerprint density at radius 3 is 2.57 bits per heavy atom. The van der Waals surface area contributed by atoms with Gasteiger partial charge in [0.25, 0.3) is 5.69 Å². The summed E-state index contributed by atoms with van der Waals surface area (Å²) in [5.74, 6) is 0.536. The molecule has 0 aliphatic carbocycles. The van der Waals surface area contributed by atoms with E-state index in [0.29, 0.717) is 22.5 Å². The zero-order valence-corrected chi connectivity index (χ0v) is 16.5. The number of nitrogens with one attached hydrogen (secondary N) is 1. The van der Waals surface area contributed by atoms with Crippen molar-refractivity contribution in [2.24, 2.45) is 0 Å². The number of aromatic nitrogens is 2. The van der Waals surface area contributed by atoms with Crippen molar-refractivity contribution in [3.63, 3.8) is 0 Å². The number of aromatic hydroxyl groups is 1. The number of nitrogens with zero attached hydrogens (tertiary/aromatic N) is 3. The predicted molar refractivity (Wildman–Crippen MR) is 116 cm³/mol. The number of nitro groups is 1. The highest BCUT2D eigenvalue weighted by Crippen LogP contribution is 2.39. The number of fused-ring (bicyclic) bond motifs is 1. The summed E-state index contributed by atoms with van der Waals surface area (Å²) in [4.78, 5) is 20.1. The van der Waals surface area contributed by atoms with Crippen molar-refractivity contribution in [3.05, 3.63) is 99.4 Å². The third-order valence-electron chi connectivity index (χ3n) is 4.97. The smallest absolute Gasteiger partial charge is 0.275 e. The van der Waals surface area contributed by atoms with Crippen LogP contribution in [0.25, 0.3) is 10.9 Å². The topological polar surface area (TPSA) is 101 Å². The van der Waals surface area contributed by atoms with Gasteiger partial charge in [0.1, 0.15) is 17.1 Å². The van der Waals surface area contributed by atoms with Gasteiger partial charge in [0.2, 0.25) is 0 Å². The number of phenolic OH excluding ortho intramolecular Hbond substituents is 1. The molecule has 0 radical (unpaired) electrons. The van der Waals surface area contributed by atoms with Crippen LogP contribution in [0.1, 0.15) is 28.4 Å². The number of para-hydroxylation sites is 1. The fourth-order valence-corrected chi connectivity index (χ4v) is 3.50. The van der Waals surface area contributed by atoms with Crippen LogP contribution in [0.2, 0.25) is 0 Å². The van der Waals surface area contributed by atoms with E-state index in [-0.39, 0.29) is 11.4 Å². The van der Waals surface area contributed by atoms with Gasteiger partial charge in [0, 0.05) is 28.9 Å². The van der Waals surface area contributed by atoms with E-state index < -0.39 is 11.0 Å². The summed E-state index contributed by atoms with van der Waals surface area (Å²) >= 11 is 0. The summed E-state index contributed by atoms with van der Waals surface area (Å²) in [6.45, 7) is 3.78. The van der Waals surface area contributed by atoms with Crippen molar-refractivity contribution in [2.75, 3.05) is 5.32 Å². The second kappa shape index (κ2) is 7.79. The van der Waals surface area contributed by atoms with Gasteiger partial charge in [0.05, 0.1) is 16.5 Å². The highest BCUT2D eigenvalue weighted by Gasteiger charge is 2.27. The molecule has 0 unspecified atom stereocenters. The van der Waals surface area contributed by atoms with Crippen molar-refractivity contribution >= 4 is 22.4 Å². The zero-order chi connectivity index (χ0) is 21.3. The van der Waals surface area contributed by atoms with Gasteiger partial charge in [-0.2, -0.15) is 0 Å². The van der Waals surface area contributed by atoms with Crippen molar-refractivity contribution in [2.45, 2.75) is 19.9 Å². The Hall–Kier alpha value is -4.00. The number of anilines is 1. The fourth-order valence-electron chi connectivity index (χ4n) is 3.50. The number of rotatable bonds is 5. The second-order valence-corrected chi connectivity index (χ2v) is 7.14. The highest BCUT2D eigenvalue weighted by atomic mass is 16.6. The predicted octanol–water partition coefficient (Wildman–Crippen LogP) is 5.06. The van der Waals surface area contributed by atoms with Crippen molar-refractivity contribution in [3.8, 4) is 5.75 Å². The number of nitro benzene ring substituents is 1. The molecule has 7 heteroatoms. The molecule has 0 bridgehead atoms. The Balaban J connectivity index is 1.93. The van der Waals surface area contributed by atoms with Gasteiger partial charge in [-0.15, -0.1) is 0 Å². The van der Waals surface area contributed by atoms with Crippen molar-refractivity contribution < 1.29 is 10.0 Å². The van der Waals surface area contributed by atoms with Crippen LogP contribution in [-0.4, -0.2) is 20.0 Å². The molecule has 2 heterocycles. The van der Waals surface area contributed by atoms with Gasteiger partial charge < -0.3 is 10.4 Å². The van der Waals surface area contributed by atoms with Crippen LogP contribution in [0.4, 0.5) is 11.5 Å². The minimum Gasteiger partial charge on any atom is -0.505 e. The van der Waals surface area contributed by atoms with Gasteiger partial charge in [-0.1, -0.05) is 30.3 Å². The quantitative estimate of drug-likeness (QED) is 0.359. The van der Waals surface area contributed by atoms with Crippen LogP contribution in [0.15, 0.2) is 66.9 Å². The molecule has 0 saturated heterocycles. The molecule has 4 rings (SSSR count). The standard InChI is InChI=1S/C23H20N4O3/c1-14-11-12-24-20(13-14)26-22(17-5-3-4-6-19(17)27(29)30)18-10-9-16-8-7-15(2)25-21(16)23(18)28/h3-13,22,28H,1-2H3,(H,24,26)/t22-/m0/s1. The maximum absolute atomic E-state index is 11.7. The first kappa shape index (κ1) is 19.3. The average molecular weight is 400 g/mol. The Morgan fingerprint density at radius 2 is 1.80 bits per heavy atom. The molecule has 2 aromatic heterocycles. The van der Waals surface area contributed by atoms with Gasteiger partial charge in [-0.3, -0.25) is 10.1 Å². The molecule has 2 N–H and O–H groups in total. The van der Waals surface area contributed by atoms with Crippen molar-refractivity contribution in [1.29, 1.82) is 0 Å². The molecule has 0 saturated carbocycles. The number of hydrogen-bond acceptors (Lipinski definition) is 6. The Morgan fingerprint density at radius 1 is 1.03 bits per heavy atom. The minimum atomic E-state index is -0.701. The minimum absolute atomic E-state index is 0.0143. The maximum Gasteiger partial charge on any atom is 0.275 e. The number of benzene rings is 2. The molecule has 1 atom stereocenters. The van der Waals surface area contributed by atoms with Crippen LogP contribution < -0.4 is 5.32 Å². The van der Waals surface area contributed by atoms with E-state index in [4.69, 9.17) is 0 Å². The highest BCUT2D eigenvalue weighted by molar-refractivity contribution is 5.86. The number of pyridine rings is 2. The van der Waals surface area contributed by atoms with Crippen LogP contribution in [0, 0.1) is 24.0 Å². The van der Waals surface area contributed by atoms with Crippen LogP contribution in [-0.2, 0) is 0 Å². The summed E-state index contributed by atoms with van der Waals surface area (Å²) in [6.07, 6.45) is 1.67. The van der Waals surface area contributed by atoms with E-state index >= 15 is 0 Å². The largest absolute Gasteiger partial charge is 0.505 e. The monoisotopic (exact) mass is 400 g/mol. The lowest BCUT2D eigenvalue weighted by atomic mass is 9.95. The molecule has 0 amide bonds. The second-order valence-electron chi connectivity index (χ2n) is 7.14. The van der Waals surface area contributed by atoms with E-state index in [9.17, 15) is 15.2 Å². The first-order chi connectivity index (χ1) is 14.4. The lowest BCUT2D eigenvalue weighted by Crippen LogP contribution is -2.15. The lowest BCUT2D eigenvalue weighted by molar-refractivity contribution is -0.385. The first-order valence-electron chi connectivity index (χ1n) is 9.46. The molecule has 7 nitrogen and oxygen atoms in total. The molecule has 0 aliphatic heterocycles. The van der Waals surface area contributed by atoms with Crippen LogP contribution in [0.3, 0.4) is 0 Å². The van der Waals surface area contributed by atoms with E-state index in [2.05, 4.69) is 15.3 Å². The average Bonchev–Trinajstić information content (AvgIpc) is 2.73. The maximum atomic E-state index is 11.7. The summed E-state index contributed by atoms with van der Waals surface area (Å²) in [6, 6.07) is 16.9. The van der Waals surface area contributed by atoms with Gasteiger partial charge in [0.15, 0.2) is 0 Å². The normalized spacial score (nSPS) is 11.9. The van der Waals surface area contributed by atoms with Crippen LogP contribution >= 0.6 is 0 Å². The van der Waals surface area contributed by atoms with Crippen molar-refractivity contribution in [1.82, 2.24) is 9.97 Å². The lowest BCUT2D eigenvalue weighted by Gasteiger charge is -2.22. The zero-order valence-electron chi connectivity index (χ0n) is 16.5. The summed E-state index contributed by atoms with van der Waals surface area (Å²) in [5.41, 5.74) is 3.08. The Labute approximate surface area is 173 Å². The van der Waals surface area contributed by atoms with E-state index in [1.165, 1.54) is 6.07 Å². The number of hydrogen-bond donors (Lipinski definition) is 2. The summed E-state index contributed by atoms with van der Waals surface area (Å²) in [5, 5.41) is 26.8. The van der Waals surface area contributed by atoms with E-state index in [0.717, 1.165) is 16.6 Å². The summed E-state index contributed by atoms with van der Waals surface area (Å²) < 4.78 is 0. The van der Waals surface area contributed by atoms with Gasteiger partial charge in [-0.05, 0) is 43.7 Å². The third kappa shape index (κ3) is 3.65. The molecule has 0 aliphatic rings. The van der Waals surface area contributed by atoms with E-state index in [1.807, 2.05) is 44.2 Å². The molecule has 4 aromatic rings. The molecule has 2 aromatic carbocycles. The molecular weight excluding hydrogens is 380 g/mol. The molecule has 150 valence electrons. The molecule has 0 spiro atoms. The Kier molecular flexibility index (Phi) is 5.02. The molecular formula is C23H20N4O3. The third-order valence-corrected chi connectivity index (χ3v) is 4.97. The first-order valence-corrected chi connectivity index (χ1v) is 9.46. The molecule has 30 heavy (non-hydrogen) atoms. The summed E-state index contributed by atoms with van der Waals surface area (Å²) in [7, 11) is 0. The van der Waals surface area contributed by atoms with Crippen LogP contribution in [0.5, 0.6) is 5.75 Å². The SMILES string of the molecule is Cc1ccnc(N[C@@H](c2ccccc2[N+](=O)[O-])c2ccc3ccc(C)nc3c2O)c1. The van der Waals surface area contributed by atoms with E-state index in [1.54, 1.807) is 30.5 Å². The fraction of sp³-hybridized carbons (Fsp3) is 0.130. The van der Waals surface area contributed by atoms with Gasteiger partial charge in [-0.25, -0.2) is 9.97 Å².